The molecule has 74 valence electrons. The standard InChI is InChI=1S/C8H10N4O2/c13-7-2-1-5(10-7)8(14)11-6-3-4-9-12-6/h3-5H,1-2H2,(H,10,13)(H2,9,11,12,14)/t5-/m0/s1. The molecule has 0 spiro atoms. The minimum atomic E-state index is -0.411. The first-order valence-corrected chi connectivity index (χ1v) is 4.35. The van der Waals surface area contributed by atoms with E-state index in [1.54, 1.807) is 12.3 Å². The van der Waals surface area contributed by atoms with Crippen molar-refractivity contribution in [3.63, 3.8) is 0 Å². The number of rotatable bonds is 2. The number of amides is 2. The lowest BCUT2D eigenvalue weighted by Crippen LogP contribution is -2.37. The van der Waals surface area contributed by atoms with E-state index in [4.69, 9.17) is 0 Å². The number of nitrogens with one attached hydrogen (secondary N) is 3. The number of hydrogen-bond acceptors (Lipinski definition) is 3. The van der Waals surface area contributed by atoms with Crippen molar-refractivity contribution in [3.8, 4) is 0 Å². The van der Waals surface area contributed by atoms with Crippen LogP contribution in [0.2, 0.25) is 0 Å². The third-order valence-electron chi connectivity index (χ3n) is 2.07. The number of carbonyl (C=O) groups is 2. The highest BCUT2D eigenvalue weighted by Crippen LogP contribution is 2.09. The van der Waals surface area contributed by atoms with Gasteiger partial charge in [0.1, 0.15) is 11.9 Å². The highest BCUT2D eigenvalue weighted by Gasteiger charge is 2.27. The zero-order chi connectivity index (χ0) is 9.97. The summed E-state index contributed by atoms with van der Waals surface area (Å²) in [6.07, 6.45) is 2.52. The molecule has 6 heteroatoms. The van der Waals surface area contributed by atoms with Gasteiger partial charge in [0.25, 0.3) is 0 Å². The molecule has 0 aliphatic carbocycles. The van der Waals surface area contributed by atoms with E-state index in [9.17, 15) is 9.59 Å². The first kappa shape index (κ1) is 8.74. The average molecular weight is 194 g/mol. The maximum absolute atomic E-state index is 11.5. The van der Waals surface area contributed by atoms with E-state index in [-0.39, 0.29) is 11.8 Å². The number of anilines is 1. The number of H-pyrrole nitrogens is 1. The quantitative estimate of drug-likeness (QED) is 0.600. The largest absolute Gasteiger partial charge is 0.344 e. The van der Waals surface area contributed by atoms with Crippen LogP contribution in [0.4, 0.5) is 5.82 Å². The topological polar surface area (TPSA) is 86.9 Å². The van der Waals surface area contributed by atoms with Gasteiger partial charge < -0.3 is 10.6 Å². The molecular formula is C8H10N4O2. The lowest BCUT2D eigenvalue weighted by atomic mass is 10.2. The van der Waals surface area contributed by atoms with E-state index < -0.39 is 6.04 Å². The lowest BCUT2D eigenvalue weighted by Gasteiger charge is -2.08. The molecule has 0 saturated carbocycles. The summed E-state index contributed by atoms with van der Waals surface area (Å²) in [5, 5.41) is 11.5. The predicted molar refractivity (Wildman–Crippen MR) is 48.4 cm³/mol. The zero-order valence-electron chi connectivity index (χ0n) is 7.41. The maximum Gasteiger partial charge on any atom is 0.248 e. The second-order valence-corrected chi connectivity index (χ2v) is 3.12. The molecule has 1 aromatic rings. The van der Waals surface area contributed by atoms with Crippen molar-refractivity contribution >= 4 is 17.6 Å². The molecule has 14 heavy (non-hydrogen) atoms. The van der Waals surface area contributed by atoms with Crippen LogP contribution in [0.5, 0.6) is 0 Å². The van der Waals surface area contributed by atoms with Gasteiger partial charge in [0.15, 0.2) is 0 Å². The van der Waals surface area contributed by atoms with Crippen molar-refractivity contribution in [3.05, 3.63) is 12.3 Å². The van der Waals surface area contributed by atoms with Gasteiger partial charge in [-0.25, -0.2) is 0 Å². The number of hydrogen-bond donors (Lipinski definition) is 3. The van der Waals surface area contributed by atoms with Crippen LogP contribution in [0.3, 0.4) is 0 Å². The predicted octanol–water partition coefficient (Wildman–Crippen LogP) is -0.373. The molecule has 1 atom stereocenters. The fraction of sp³-hybridized carbons (Fsp3) is 0.375. The second kappa shape index (κ2) is 3.49. The molecule has 0 bridgehead atoms. The van der Waals surface area contributed by atoms with E-state index in [1.807, 2.05) is 0 Å². The fourth-order valence-electron chi connectivity index (χ4n) is 1.36. The molecular weight excluding hydrogens is 184 g/mol. The van der Waals surface area contributed by atoms with Crippen molar-refractivity contribution < 1.29 is 9.59 Å². The van der Waals surface area contributed by atoms with E-state index in [1.165, 1.54) is 0 Å². The molecule has 0 unspecified atom stereocenters. The lowest BCUT2D eigenvalue weighted by molar-refractivity contribution is -0.122. The molecule has 1 aliphatic heterocycles. The van der Waals surface area contributed by atoms with Gasteiger partial charge in [-0.1, -0.05) is 0 Å². The van der Waals surface area contributed by atoms with Gasteiger partial charge in [0.2, 0.25) is 11.8 Å². The summed E-state index contributed by atoms with van der Waals surface area (Å²) >= 11 is 0. The second-order valence-electron chi connectivity index (χ2n) is 3.12. The zero-order valence-corrected chi connectivity index (χ0v) is 7.41. The Labute approximate surface area is 80.1 Å². The summed E-state index contributed by atoms with van der Waals surface area (Å²) in [7, 11) is 0. The number of nitrogens with zero attached hydrogens (tertiary/aromatic N) is 1. The monoisotopic (exact) mass is 194 g/mol. The first-order chi connectivity index (χ1) is 6.75. The van der Waals surface area contributed by atoms with Gasteiger partial charge in [-0.05, 0) is 6.42 Å². The summed E-state index contributed by atoms with van der Waals surface area (Å²) in [5.41, 5.74) is 0. The van der Waals surface area contributed by atoms with Crippen LogP contribution in [0, 0.1) is 0 Å². The molecule has 1 aromatic heterocycles. The van der Waals surface area contributed by atoms with Crippen molar-refractivity contribution in [1.82, 2.24) is 15.5 Å². The Hall–Kier alpha value is -1.85. The number of aromatic amines is 1. The van der Waals surface area contributed by atoms with Gasteiger partial charge in [-0.2, -0.15) is 5.10 Å². The highest BCUT2D eigenvalue weighted by atomic mass is 16.2. The Morgan fingerprint density at radius 1 is 1.64 bits per heavy atom. The van der Waals surface area contributed by atoms with E-state index in [0.717, 1.165) is 0 Å². The van der Waals surface area contributed by atoms with Crippen molar-refractivity contribution in [2.24, 2.45) is 0 Å². The Bertz CT molecular complexity index is 346. The molecule has 0 aromatic carbocycles. The summed E-state index contributed by atoms with van der Waals surface area (Å²) in [5.74, 6) is 0.256. The summed E-state index contributed by atoms with van der Waals surface area (Å²) in [6, 6.07) is 1.24. The van der Waals surface area contributed by atoms with Crippen LogP contribution in [-0.4, -0.2) is 28.1 Å². The van der Waals surface area contributed by atoms with Gasteiger partial charge in [0.05, 0.1) is 6.20 Å². The maximum atomic E-state index is 11.5. The minimum absolute atomic E-state index is 0.0743. The van der Waals surface area contributed by atoms with Gasteiger partial charge >= 0.3 is 0 Å². The summed E-state index contributed by atoms with van der Waals surface area (Å²) < 4.78 is 0. The van der Waals surface area contributed by atoms with Gasteiger partial charge in [0, 0.05) is 12.5 Å². The Balaban J connectivity index is 1.93. The minimum Gasteiger partial charge on any atom is -0.344 e. The summed E-state index contributed by atoms with van der Waals surface area (Å²) in [6.45, 7) is 0. The number of carbonyl (C=O) groups excluding carboxylic acids is 2. The molecule has 1 aliphatic rings. The van der Waals surface area contributed by atoms with Crippen LogP contribution in [0.25, 0.3) is 0 Å². The van der Waals surface area contributed by atoms with Crippen LogP contribution >= 0.6 is 0 Å². The molecule has 1 fully saturated rings. The fourth-order valence-corrected chi connectivity index (χ4v) is 1.36. The normalized spacial score (nSPS) is 20.6. The third kappa shape index (κ3) is 1.73. The molecule has 2 rings (SSSR count). The summed E-state index contributed by atoms with van der Waals surface area (Å²) in [4.78, 5) is 22.3. The van der Waals surface area contributed by atoms with E-state index in [2.05, 4.69) is 20.8 Å². The molecule has 0 radical (unpaired) electrons. The van der Waals surface area contributed by atoms with Gasteiger partial charge in [-0.3, -0.25) is 14.7 Å². The van der Waals surface area contributed by atoms with Crippen LogP contribution in [0.15, 0.2) is 12.3 Å². The Morgan fingerprint density at radius 2 is 2.50 bits per heavy atom. The van der Waals surface area contributed by atoms with Gasteiger partial charge in [-0.15, -0.1) is 0 Å². The van der Waals surface area contributed by atoms with Crippen molar-refractivity contribution in [2.45, 2.75) is 18.9 Å². The molecule has 6 nitrogen and oxygen atoms in total. The molecule has 1 saturated heterocycles. The van der Waals surface area contributed by atoms with Crippen LogP contribution < -0.4 is 10.6 Å². The van der Waals surface area contributed by atoms with Crippen molar-refractivity contribution in [1.29, 1.82) is 0 Å². The average Bonchev–Trinajstić information content (AvgIpc) is 2.75. The molecule has 2 heterocycles. The molecule has 2 amide bonds. The highest BCUT2D eigenvalue weighted by molar-refractivity contribution is 5.98. The van der Waals surface area contributed by atoms with Crippen molar-refractivity contribution in [2.75, 3.05) is 5.32 Å². The molecule has 3 N–H and O–H groups in total. The Kier molecular flexibility index (Phi) is 2.18. The number of aromatic nitrogens is 2. The van der Waals surface area contributed by atoms with E-state index >= 15 is 0 Å². The van der Waals surface area contributed by atoms with Crippen LogP contribution in [-0.2, 0) is 9.59 Å². The third-order valence-corrected chi connectivity index (χ3v) is 2.07. The smallest absolute Gasteiger partial charge is 0.248 e. The SMILES string of the molecule is O=C1CC[C@@H](C(=O)Nc2ccn[nH]2)N1. The van der Waals surface area contributed by atoms with E-state index in [0.29, 0.717) is 18.7 Å². The van der Waals surface area contributed by atoms with Crippen LogP contribution in [0.1, 0.15) is 12.8 Å². The first-order valence-electron chi connectivity index (χ1n) is 4.35. The Morgan fingerprint density at radius 3 is 3.07 bits per heavy atom.